The van der Waals surface area contributed by atoms with Gasteiger partial charge in [-0.25, -0.2) is 9.59 Å². The second-order valence-electron chi connectivity index (χ2n) is 9.05. The predicted octanol–water partition coefficient (Wildman–Crippen LogP) is 3.40. The van der Waals surface area contributed by atoms with Gasteiger partial charge in [0.05, 0.1) is 0 Å². The summed E-state index contributed by atoms with van der Waals surface area (Å²) in [5, 5.41) is 14.8. The van der Waals surface area contributed by atoms with Crippen molar-refractivity contribution in [1.29, 1.82) is 0 Å². The number of nitrogens with zero attached hydrogens (tertiary/aromatic N) is 2. The highest BCUT2D eigenvalue weighted by Gasteiger charge is 2.30. The molecule has 2 aromatic carbocycles. The maximum atomic E-state index is 12.5. The van der Waals surface area contributed by atoms with Crippen molar-refractivity contribution >= 4 is 17.8 Å². The molecule has 2 N–H and O–H groups in total. The highest BCUT2D eigenvalue weighted by Crippen LogP contribution is 2.34. The molecule has 0 radical (unpaired) electrons. The van der Waals surface area contributed by atoms with Gasteiger partial charge >= 0.3 is 11.9 Å². The molecule has 1 saturated heterocycles. The minimum Gasteiger partial charge on any atom is -0.484 e. The van der Waals surface area contributed by atoms with E-state index in [2.05, 4.69) is 35.2 Å². The van der Waals surface area contributed by atoms with Gasteiger partial charge in [-0.3, -0.25) is 9.69 Å². The SMILES string of the molecule is Cc1cccc(OCC(=O)N2CCN(C3CCC(c4ccccc4)CC3)CC2)c1.O=C(O)C(=O)O. The van der Waals surface area contributed by atoms with Gasteiger partial charge in [0.15, 0.2) is 6.61 Å². The molecule has 4 rings (SSSR count). The van der Waals surface area contributed by atoms with E-state index in [0.717, 1.165) is 37.5 Å². The molecule has 188 valence electrons. The highest BCUT2D eigenvalue weighted by molar-refractivity contribution is 6.27. The second kappa shape index (κ2) is 12.9. The summed E-state index contributed by atoms with van der Waals surface area (Å²) in [4.78, 5) is 35.3. The van der Waals surface area contributed by atoms with Crippen molar-refractivity contribution in [3.63, 3.8) is 0 Å². The first-order valence-electron chi connectivity index (χ1n) is 12.1. The number of rotatable bonds is 5. The van der Waals surface area contributed by atoms with E-state index < -0.39 is 11.9 Å². The van der Waals surface area contributed by atoms with Gasteiger partial charge in [-0.2, -0.15) is 0 Å². The van der Waals surface area contributed by atoms with Crippen molar-refractivity contribution in [3.8, 4) is 5.75 Å². The number of piperazine rings is 1. The predicted molar refractivity (Wildman–Crippen MR) is 132 cm³/mol. The number of benzene rings is 2. The standard InChI is InChI=1S/C25H32N2O2.C2H2O4/c1-20-6-5-9-24(18-20)29-19-25(28)27-16-14-26(15-17-27)23-12-10-22(11-13-23)21-7-3-2-4-8-21;3-1(4)2(5)6/h2-9,18,22-23H,10-17,19H2,1H3;(H,3,4)(H,5,6). The first-order chi connectivity index (χ1) is 16.8. The van der Waals surface area contributed by atoms with Gasteiger partial charge < -0.3 is 19.8 Å². The summed E-state index contributed by atoms with van der Waals surface area (Å²) in [6.07, 6.45) is 5.09. The second-order valence-corrected chi connectivity index (χ2v) is 9.05. The Morgan fingerprint density at radius 2 is 1.49 bits per heavy atom. The van der Waals surface area contributed by atoms with Crippen LogP contribution in [-0.4, -0.2) is 76.7 Å². The van der Waals surface area contributed by atoms with Gasteiger partial charge in [-0.15, -0.1) is 0 Å². The molecule has 0 atom stereocenters. The van der Waals surface area contributed by atoms with E-state index in [-0.39, 0.29) is 12.5 Å². The number of carbonyl (C=O) groups is 3. The molecule has 0 spiro atoms. The number of amides is 1. The van der Waals surface area contributed by atoms with Crippen LogP contribution in [0.15, 0.2) is 54.6 Å². The summed E-state index contributed by atoms with van der Waals surface area (Å²) in [5.74, 6) is -2.06. The molecule has 1 heterocycles. The Morgan fingerprint density at radius 1 is 0.857 bits per heavy atom. The van der Waals surface area contributed by atoms with Crippen molar-refractivity contribution in [2.75, 3.05) is 32.8 Å². The number of aryl methyl sites for hydroxylation is 1. The van der Waals surface area contributed by atoms with E-state index in [9.17, 15) is 4.79 Å². The fraction of sp³-hybridized carbons (Fsp3) is 0.444. The van der Waals surface area contributed by atoms with Crippen LogP contribution in [0.3, 0.4) is 0 Å². The average molecular weight is 483 g/mol. The van der Waals surface area contributed by atoms with Crippen LogP contribution < -0.4 is 4.74 Å². The number of carboxylic acids is 2. The molecule has 2 aromatic rings. The Balaban J connectivity index is 0.000000509. The largest absolute Gasteiger partial charge is 0.484 e. The summed E-state index contributed by atoms with van der Waals surface area (Å²) in [6, 6.07) is 19.5. The van der Waals surface area contributed by atoms with E-state index >= 15 is 0 Å². The minimum atomic E-state index is -1.82. The molecule has 1 saturated carbocycles. The topological polar surface area (TPSA) is 107 Å². The summed E-state index contributed by atoms with van der Waals surface area (Å²) >= 11 is 0. The first kappa shape index (κ1) is 26.2. The van der Waals surface area contributed by atoms with Crippen molar-refractivity contribution in [1.82, 2.24) is 9.80 Å². The van der Waals surface area contributed by atoms with Crippen LogP contribution in [0.25, 0.3) is 0 Å². The Hall–Kier alpha value is -3.39. The lowest BCUT2D eigenvalue weighted by Gasteiger charge is -2.42. The van der Waals surface area contributed by atoms with E-state index in [0.29, 0.717) is 12.0 Å². The number of carboxylic acid groups (broad SMARTS) is 2. The van der Waals surface area contributed by atoms with Gasteiger partial charge in [0.2, 0.25) is 0 Å². The minimum absolute atomic E-state index is 0.0962. The lowest BCUT2D eigenvalue weighted by atomic mass is 9.81. The number of aliphatic carboxylic acids is 2. The number of hydrogen-bond donors (Lipinski definition) is 2. The Morgan fingerprint density at radius 3 is 2.06 bits per heavy atom. The molecule has 0 unspecified atom stereocenters. The Labute approximate surface area is 206 Å². The molecule has 2 fully saturated rings. The van der Waals surface area contributed by atoms with Crippen LogP contribution in [0.2, 0.25) is 0 Å². The Kier molecular flexibility index (Phi) is 9.66. The van der Waals surface area contributed by atoms with Crippen LogP contribution in [0.5, 0.6) is 5.75 Å². The number of ether oxygens (including phenoxy) is 1. The van der Waals surface area contributed by atoms with Crippen LogP contribution in [-0.2, 0) is 14.4 Å². The van der Waals surface area contributed by atoms with Crippen LogP contribution in [0, 0.1) is 6.92 Å². The summed E-state index contributed by atoms with van der Waals surface area (Å²) in [7, 11) is 0. The normalized spacial score (nSPS) is 20.3. The molecular formula is C27H34N2O6. The van der Waals surface area contributed by atoms with Crippen molar-refractivity contribution in [2.45, 2.75) is 44.6 Å². The van der Waals surface area contributed by atoms with Gasteiger partial charge in [0.1, 0.15) is 5.75 Å². The molecule has 1 amide bonds. The number of hydrogen-bond acceptors (Lipinski definition) is 5. The van der Waals surface area contributed by atoms with Crippen LogP contribution in [0.4, 0.5) is 0 Å². The maximum absolute atomic E-state index is 12.5. The fourth-order valence-electron chi connectivity index (χ4n) is 4.78. The lowest BCUT2D eigenvalue weighted by molar-refractivity contribution is -0.159. The molecule has 0 bridgehead atoms. The molecule has 8 nitrogen and oxygen atoms in total. The molecule has 1 aliphatic carbocycles. The van der Waals surface area contributed by atoms with E-state index in [4.69, 9.17) is 24.5 Å². The van der Waals surface area contributed by atoms with Crippen LogP contribution in [0.1, 0.15) is 42.7 Å². The van der Waals surface area contributed by atoms with Crippen LogP contribution >= 0.6 is 0 Å². The first-order valence-corrected chi connectivity index (χ1v) is 12.1. The smallest absolute Gasteiger partial charge is 0.414 e. The zero-order valence-electron chi connectivity index (χ0n) is 20.1. The highest BCUT2D eigenvalue weighted by atomic mass is 16.5. The third kappa shape index (κ3) is 8.10. The van der Waals surface area contributed by atoms with E-state index in [1.165, 1.54) is 31.2 Å². The van der Waals surface area contributed by atoms with Crippen molar-refractivity contribution in [3.05, 3.63) is 65.7 Å². The van der Waals surface area contributed by atoms with E-state index in [1.807, 2.05) is 36.1 Å². The maximum Gasteiger partial charge on any atom is 0.414 e. The van der Waals surface area contributed by atoms with Crippen molar-refractivity contribution in [2.24, 2.45) is 0 Å². The Bertz CT molecular complexity index is 968. The monoisotopic (exact) mass is 482 g/mol. The van der Waals surface area contributed by atoms with E-state index in [1.54, 1.807) is 0 Å². The molecule has 35 heavy (non-hydrogen) atoms. The zero-order chi connectivity index (χ0) is 25.2. The molecule has 2 aliphatic rings. The molecule has 1 aliphatic heterocycles. The average Bonchev–Trinajstić information content (AvgIpc) is 2.88. The fourth-order valence-corrected chi connectivity index (χ4v) is 4.78. The summed E-state index contributed by atoms with van der Waals surface area (Å²) in [5.41, 5.74) is 2.64. The lowest BCUT2D eigenvalue weighted by Crippen LogP contribution is -2.53. The summed E-state index contributed by atoms with van der Waals surface area (Å²) in [6.45, 7) is 5.75. The van der Waals surface area contributed by atoms with Gasteiger partial charge in [0.25, 0.3) is 5.91 Å². The van der Waals surface area contributed by atoms with Gasteiger partial charge in [-0.1, -0.05) is 42.5 Å². The van der Waals surface area contributed by atoms with Gasteiger partial charge in [0, 0.05) is 32.2 Å². The molecule has 8 heteroatoms. The van der Waals surface area contributed by atoms with Crippen molar-refractivity contribution < 1.29 is 29.3 Å². The number of carbonyl (C=O) groups excluding carboxylic acids is 1. The molecule has 0 aromatic heterocycles. The third-order valence-corrected chi connectivity index (χ3v) is 6.69. The zero-order valence-corrected chi connectivity index (χ0v) is 20.1. The van der Waals surface area contributed by atoms with Gasteiger partial charge in [-0.05, 0) is 61.8 Å². The third-order valence-electron chi connectivity index (χ3n) is 6.69. The molecular weight excluding hydrogens is 448 g/mol. The summed E-state index contributed by atoms with van der Waals surface area (Å²) < 4.78 is 5.69. The quantitative estimate of drug-likeness (QED) is 0.629.